The molecule has 0 atom stereocenters. The number of nitrogens with zero attached hydrogens (tertiary/aromatic N) is 3. The first-order valence-electron chi connectivity index (χ1n) is 9.95. The lowest BCUT2D eigenvalue weighted by Gasteiger charge is -2.10. The van der Waals surface area contributed by atoms with Crippen LogP contribution in [0.3, 0.4) is 0 Å². The fourth-order valence-corrected chi connectivity index (χ4v) is 3.28. The van der Waals surface area contributed by atoms with Gasteiger partial charge in [-0.25, -0.2) is 9.48 Å². The zero-order chi connectivity index (χ0) is 24.3. The summed E-state index contributed by atoms with van der Waals surface area (Å²) in [6.45, 7) is 1.42. The van der Waals surface area contributed by atoms with E-state index in [-0.39, 0.29) is 12.4 Å². The number of halogens is 3. The molecule has 0 aliphatic rings. The predicted octanol–water partition coefficient (Wildman–Crippen LogP) is 4.67. The van der Waals surface area contributed by atoms with Crippen molar-refractivity contribution >= 4 is 16.9 Å². The van der Waals surface area contributed by atoms with Gasteiger partial charge in [-0.15, -0.1) is 13.2 Å². The standard InChI is InChI=1S/C23H18F3N3O5/c1-14-10-17(6-7-21(14)33-13-22(30)31)32-12-19-18-11-27-9-8-20(18)29(28-19)15-2-4-16(5-3-15)34-23(24,25)26/h2-11H,12-13H2,1H3,(H,30,31). The van der Waals surface area contributed by atoms with Crippen LogP contribution in [0, 0.1) is 6.92 Å². The van der Waals surface area contributed by atoms with Crippen molar-refractivity contribution in [2.45, 2.75) is 19.9 Å². The summed E-state index contributed by atoms with van der Waals surface area (Å²) in [6.07, 6.45) is -1.55. The predicted molar refractivity (Wildman–Crippen MR) is 114 cm³/mol. The summed E-state index contributed by atoms with van der Waals surface area (Å²) in [5.41, 5.74) is 2.51. The number of ether oxygens (including phenoxy) is 3. The van der Waals surface area contributed by atoms with E-state index in [2.05, 4.69) is 14.8 Å². The number of rotatable bonds is 8. The van der Waals surface area contributed by atoms with Crippen molar-refractivity contribution in [3.8, 4) is 22.9 Å². The Balaban J connectivity index is 1.54. The summed E-state index contributed by atoms with van der Waals surface area (Å²) >= 11 is 0. The third-order valence-electron chi connectivity index (χ3n) is 4.75. The van der Waals surface area contributed by atoms with Gasteiger partial charge in [-0.3, -0.25) is 4.98 Å². The highest BCUT2D eigenvalue weighted by atomic mass is 19.4. The van der Waals surface area contributed by atoms with Gasteiger partial charge in [0.15, 0.2) is 6.61 Å². The number of aliphatic carboxylic acids is 1. The smallest absolute Gasteiger partial charge is 0.487 e. The van der Waals surface area contributed by atoms with Crippen molar-refractivity contribution < 1.29 is 37.3 Å². The molecule has 0 unspecified atom stereocenters. The molecule has 0 fully saturated rings. The number of carbonyl (C=O) groups is 1. The Hall–Kier alpha value is -4.28. The summed E-state index contributed by atoms with van der Waals surface area (Å²) in [6, 6.07) is 12.1. The van der Waals surface area contributed by atoms with Crippen LogP contribution in [0.25, 0.3) is 16.6 Å². The molecule has 2 aromatic carbocycles. The normalized spacial score (nSPS) is 11.4. The first kappa shape index (κ1) is 22.9. The molecule has 0 radical (unpaired) electrons. The lowest BCUT2D eigenvalue weighted by atomic mass is 10.2. The van der Waals surface area contributed by atoms with Crippen molar-refractivity contribution in [2.24, 2.45) is 0 Å². The number of aryl methyl sites for hydroxylation is 1. The first-order chi connectivity index (χ1) is 16.2. The maximum absolute atomic E-state index is 12.4. The van der Waals surface area contributed by atoms with Crippen molar-refractivity contribution in [3.63, 3.8) is 0 Å². The molecule has 0 spiro atoms. The van der Waals surface area contributed by atoms with Gasteiger partial charge < -0.3 is 19.3 Å². The number of alkyl halides is 3. The highest BCUT2D eigenvalue weighted by Gasteiger charge is 2.31. The third-order valence-corrected chi connectivity index (χ3v) is 4.75. The van der Waals surface area contributed by atoms with Gasteiger partial charge in [0.05, 0.1) is 11.2 Å². The largest absolute Gasteiger partial charge is 0.573 e. The zero-order valence-electron chi connectivity index (χ0n) is 17.7. The number of carboxylic acids is 1. The van der Waals surface area contributed by atoms with E-state index in [1.165, 1.54) is 24.3 Å². The Kier molecular flexibility index (Phi) is 6.26. The summed E-state index contributed by atoms with van der Waals surface area (Å²) < 4.78 is 53.9. The second-order valence-electron chi connectivity index (χ2n) is 7.19. The van der Waals surface area contributed by atoms with E-state index in [1.54, 1.807) is 48.3 Å². The highest BCUT2D eigenvalue weighted by molar-refractivity contribution is 5.82. The van der Waals surface area contributed by atoms with Crippen LogP contribution in [0.2, 0.25) is 0 Å². The molecule has 11 heteroatoms. The molecule has 0 saturated carbocycles. The minimum absolute atomic E-state index is 0.0965. The Bertz CT molecular complexity index is 1320. The molecule has 1 N–H and O–H groups in total. The quantitative estimate of drug-likeness (QED) is 0.397. The van der Waals surface area contributed by atoms with Crippen LogP contribution in [0.1, 0.15) is 11.3 Å². The molecule has 8 nitrogen and oxygen atoms in total. The maximum atomic E-state index is 12.4. The number of carboxylic acid groups (broad SMARTS) is 1. The van der Waals surface area contributed by atoms with Gasteiger partial charge in [-0.2, -0.15) is 5.10 Å². The molecule has 0 aliphatic heterocycles. The van der Waals surface area contributed by atoms with Crippen LogP contribution >= 0.6 is 0 Å². The summed E-state index contributed by atoms with van der Waals surface area (Å²) in [5, 5.41) is 14.0. The molecule has 0 aliphatic carbocycles. The Labute approximate surface area is 191 Å². The van der Waals surface area contributed by atoms with Crippen LogP contribution in [-0.4, -0.2) is 38.8 Å². The fourth-order valence-electron chi connectivity index (χ4n) is 3.28. The molecule has 0 amide bonds. The van der Waals surface area contributed by atoms with Gasteiger partial charge in [0, 0.05) is 17.8 Å². The molecule has 176 valence electrons. The van der Waals surface area contributed by atoms with Crippen molar-refractivity contribution in [1.82, 2.24) is 14.8 Å². The van der Waals surface area contributed by atoms with Gasteiger partial charge >= 0.3 is 12.3 Å². The molecule has 4 aromatic rings. The van der Waals surface area contributed by atoms with E-state index < -0.39 is 18.9 Å². The van der Waals surface area contributed by atoms with Crippen molar-refractivity contribution in [3.05, 3.63) is 72.2 Å². The van der Waals surface area contributed by atoms with Gasteiger partial charge in [-0.05, 0) is 61.0 Å². The van der Waals surface area contributed by atoms with Crippen LogP contribution in [0.5, 0.6) is 17.2 Å². The summed E-state index contributed by atoms with van der Waals surface area (Å²) in [7, 11) is 0. The number of pyridine rings is 1. The summed E-state index contributed by atoms with van der Waals surface area (Å²) in [4.78, 5) is 14.8. The fraction of sp³-hybridized carbons (Fsp3) is 0.174. The Morgan fingerprint density at radius 1 is 1.06 bits per heavy atom. The van der Waals surface area contributed by atoms with E-state index in [9.17, 15) is 18.0 Å². The molecule has 34 heavy (non-hydrogen) atoms. The van der Waals surface area contributed by atoms with Gasteiger partial charge in [0.25, 0.3) is 0 Å². The topological polar surface area (TPSA) is 95.7 Å². The number of hydrogen-bond acceptors (Lipinski definition) is 6. The average Bonchev–Trinajstić information content (AvgIpc) is 3.15. The van der Waals surface area contributed by atoms with E-state index in [0.717, 1.165) is 5.39 Å². The molecular weight excluding hydrogens is 455 g/mol. The lowest BCUT2D eigenvalue weighted by molar-refractivity contribution is -0.274. The number of hydrogen-bond donors (Lipinski definition) is 1. The lowest BCUT2D eigenvalue weighted by Crippen LogP contribution is -2.17. The SMILES string of the molecule is Cc1cc(OCc2nn(-c3ccc(OC(F)(F)F)cc3)c3ccncc23)ccc1OCC(=O)O. The van der Waals surface area contributed by atoms with Crippen LogP contribution < -0.4 is 14.2 Å². The molecule has 0 bridgehead atoms. The van der Waals surface area contributed by atoms with E-state index in [1.807, 2.05) is 0 Å². The molecular formula is C23H18F3N3O5. The van der Waals surface area contributed by atoms with Gasteiger partial charge in [0.2, 0.25) is 0 Å². The first-order valence-corrected chi connectivity index (χ1v) is 9.95. The van der Waals surface area contributed by atoms with Crippen molar-refractivity contribution in [2.75, 3.05) is 6.61 Å². The van der Waals surface area contributed by atoms with Crippen LogP contribution in [-0.2, 0) is 11.4 Å². The average molecular weight is 473 g/mol. The van der Waals surface area contributed by atoms with E-state index in [4.69, 9.17) is 14.6 Å². The van der Waals surface area contributed by atoms with Crippen LogP contribution in [0.15, 0.2) is 60.9 Å². The Morgan fingerprint density at radius 3 is 2.47 bits per heavy atom. The second kappa shape index (κ2) is 9.30. The minimum Gasteiger partial charge on any atom is -0.487 e. The van der Waals surface area contributed by atoms with Crippen LogP contribution in [0.4, 0.5) is 13.2 Å². The number of benzene rings is 2. The molecule has 4 rings (SSSR count). The second-order valence-corrected chi connectivity index (χ2v) is 7.19. The molecule has 2 aromatic heterocycles. The molecule has 2 heterocycles. The molecule has 0 saturated heterocycles. The minimum atomic E-state index is -4.77. The summed E-state index contributed by atoms with van der Waals surface area (Å²) in [5.74, 6) is -0.436. The van der Waals surface area contributed by atoms with Gasteiger partial charge in [0.1, 0.15) is 29.5 Å². The number of fused-ring (bicyclic) bond motifs is 1. The monoisotopic (exact) mass is 473 g/mol. The third kappa shape index (κ3) is 5.37. The van der Waals surface area contributed by atoms with Gasteiger partial charge in [-0.1, -0.05) is 0 Å². The van der Waals surface area contributed by atoms with Crippen molar-refractivity contribution in [1.29, 1.82) is 0 Å². The zero-order valence-corrected chi connectivity index (χ0v) is 17.7. The van der Waals surface area contributed by atoms with E-state index >= 15 is 0 Å². The highest BCUT2D eigenvalue weighted by Crippen LogP contribution is 2.28. The maximum Gasteiger partial charge on any atom is 0.573 e. The van der Waals surface area contributed by atoms with E-state index in [0.29, 0.717) is 34.0 Å². The Morgan fingerprint density at radius 2 is 1.79 bits per heavy atom. The number of aromatic nitrogens is 3.